The molecule has 0 aromatic carbocycles. The van der Waals surface area contributed by atoms with Crippen LogP contribution in [0.15, 0.2) is 0 Å². The Bertz CT molecular complexity index is 117. The van der Waals surface area contributed by atoms with Gasteiger partial charge in [-0.05, 0) is 0 Å². The molecule has 0 fully saturated rings. The third kappa shape index (κ3) is 22.8. The summed E-state index contributed by atoms with van der Waals surface area (Å²) in [4.78, 5) is 9.89. The molecule has 0 saturated heterocycles. The minimum Gasteiger partial charge on any atom is -0.544 e. The van der Waals surface area contributed by atoms with Crippen molar-refractivity contribution in [3.8, 4) is 0 Å². The summed E-state index contributed by atoms with van der Waals surface area (Å²) in [5.41, 5.74) is 0. The van der Waals surface area contributed by atoms with Gasteiger partial charge in [-0.3, -0.25) is 0 Å². The number of aliphatic hydroxyl groups is 2. The first-order chi connectivity index (χ1) is 5.33. The van der Waals surface area contributed by atoms with E-state index in [0.717, 1.165) is 0 Å². The molecule has 0 radical (unpaired) electrons. The van der Waals surface area contributed by atoms with Crippen molar-refractivity contribution in [2.24, 2.45) is 0 Å². The average molecular weight is 179 g/mol. The zero-order valence-corrected chi connectivity index (χ0v) is 7.78. The topological polar surface area (TPSA) is 80.6 Å². The largest absolute Gasteiger partial charge is 0.544 e. The van der Waals surface area contributed by atoms with Crippen LogP contribution in [0.2, 0.25) is 0 Å². The molecule has 0 bridgehead atoms. The van der Waals surface area contributed by atoms with Crippen LogP contribution in [-0.4, -0.2) is 61.6 Å². The maximum atomic E-state index is 9.89. The normalized spacial score (nSPS) is 10.1. The van der Waals surface area contributed by atoms with Crippen LogP contribution < -0.4 is 5.11 Å². The average Bonchev–Trinajstić information content (AvgIpc) is 1.83. The molecule has 0 saturated carbocycles. The number of carbonyl (C=O) groups excluding carboxylic acids is 1. The quantitative estimate of drug-likeness (QED) is 0.466. The Kier molecular flexibility index (Phi) is 8.14. The van der Waals surface area contributed by atoms with Crippen LogP contribution >= 0.6 is 0 Å². The van der Waals surface area contributed by atoms with E-state index in [1.165, 1.54) is 0 Å². The van der Waals surface area contributed by atoms with Gasteiger partial charge in [0.05, 0.1) is 40.3 Å². The van der Waals surface area contributed by atoms with Gasteiger partial charge in [0.15, 0.2) is 0 Å². The van der Waals surface area contributed by atoms with E-state index in [9.17, 15) is 9.90 Å². The van der Waals surface area contributed by atoms with Gasteiger partial charge in [0.2, 0.25) is 0 Å². The first-order valence-electron chi connectivity index (χ1n) is 3.55. The Labute approximate surface area is 72.4 Å². The fraction of sp³-hybridized carbons (Fsp3) is 0.857. The molecular weight excluding hydrogens is 162 g/mol. The maximum absolute atomic E-state index is 9.89. The highest BCUT2D eigenvalue weighted by Crippen LogP contribution is 1.84. The minimum atomic E-state index is -1.00. The number of likely N-dealkylation sites (N-methyl/N-ethyl adjacent to an activating group) is 1. The van der Waals surface area contributed by atoms with Crippen LogP contribution in [0, 0.1) is 0 Å². The summed E-state index contributed by atoms with van der Waals surface area (Å²) >= 11 is 0. The third-order valence-electron chi connectivity index (χ3n) is 0.703. The molecule has 0 amide bonds. The van der Waals surface area contributed by atoms with Crippen molar-refractivity contribution < 1.29 is 24.6 Å². The van der Waals surface area contributed by atoms with Crippen LogP contribution in [-0.2, 0) is 4.79 Å². The molecule has 0 rings (SSSR count). The van der Waals surface area contributed by atoms with Gasteiger partial charge >= 0.3 is 0 Å². The molecule has 0 aromatic rings. The summed E-state index contributed by atoms with van der Waals surface area (Å²) in [6, 6.07) is 0. The van der Waals surface area contributed by atoms with Crippen molar-refractivity contribution in [2.45, 2.75) is 0 Å². The number of carboxylic acids is 1. The Hall–Kier alpha value is -0.650. The first-order valence-corrected chi connectivity index (χ1v) is 3.55. The minimum absolute atomic E-state index is 0.0694. The van der Waals surface area contributed by atoms with E-state index in [2.05, 4.69) is 0 Å². The second-order valence-corrected chi connectivity index (χ2v) is 3.27. The van der Waals surface area contributed by atoms with E-state index in [1.54, 1.807) is 21.1 Å². The Morgan fingerprint density at radius 1 is 1.25 bits per heavy atom. The van der Waals surface area contributed by atoms with E-state index in [0.29, 0.717) is 4.48 Å². The SMILES string of the molecule is C[N+](C)(C)CC(=O)[O-].OCCO. The van der Waals surface area contributed by atoms with Gasteiger partial charge in [-0.25, -0.2) is 0 Å². The van der Waals surface area contributed by atoms with Crippen LogP contribution in [0.5, 0.6) is 0 Å². The van der Waals surface area contributed by atoms with Crippen molar-refractivity contribution >= 4 is 5.97 Å². The van der Waals surface area contributed by atoms with Crippen LogP contribution in [0.4, 0.5) is 0 Å². The van der Waals surface area contributed by atoms with Gasteiger partial charge in [0, 0.05) is 0 Å². The summed E-state index contributed by atoms with van der Waals surface area (Å²) < 4.78 is 0.419. The van der Waals surface area contributed by atoms with Gasteiger partial charge in [0.25, 0.3) is 0 Å². The number of carboxylic acid groups (broad SMARTS) is 1. The van der Waals surface area contributed by atoms with Crippen LogP contribution in [0.25, 0.3) is 0 Å². The van der Waals surface area contributed by atoms with Gasteiger partial charge in [-0.1, -0.05) is 0 Å². The van der Waals surface area contributed by atoms with Crippen molar-refractivity contribution in [2.75, 3.05) is 40.9 Å². The highest BCUT2D eigenvalue weighted by molar-refractivity contribution is 5.65. The van der Waals surface area contributed by atoms with Gasteiger partial charge < -0.3 is 24.6 Å². The lowest BCUT2D eigenvalue weighted by Gasteiger charge is -2.23. The molecule has 0 aliphatic heterocycles. The fourth-order valence-corrected chi connectivity index (χ4v) is 0.387. The number of quaternary nitrogens is 1. The number of aliphatic carboxylic acids is 1. The van der Waals surface area contributed by atoms with Gasteiger partial charge in [0.1, 0.15) is 6.54 Å². The lowest BCUT2D eigenvalue weighted by molar-refractivity contribution is -0.864. The third-order valence-corrected chi connectivity index (χ3v) is 0.703. The van der Waals surface area contributed by atoms with Gasteiger partial charge in [-0.2, -0.15) is 0 Å². The maximum Gasteiger partial charge on any atom is 0.118 e. The number of nitrogens with zero attached hydrogens (tertiary/aromatic N) is 1. The molecule has 74 valence electrons. The van der Waals surface area contributed by atoms with E-state index in [1.807, 2.05) is 0 Å². The van der Waals surface area contributed by atoms with Gasteiger partial charge in [-0.15, -0.1) is 0 Å². The molecule has 2 N–H and O–H groups in total. The van der Waals surface area contributed by atoms with E-state index in [-0.39, 0.29) is 19.8 Å². The molecule has 0 aliphatic rings. The van der Waals surface area contributed by atoms with E-state index in [4.69, 9.17) is 10.2 Å². The number of hydrogen-bond donors (Lipinski definition) is 2. The molecular formula is C7H17NO4. The summed E-state index contributed by atoms with van der Waals surface area (Å²) in [6.07, 6.45) is 0. The molecule has 5 nitrogen and oxygen atoms in total. The molecule has 0 aliphatic carbocycles. The number of aliphatic hydroxyl groups excluding tert-OH is 2. The zero-order chi connectivity index (χ0) is 10.2. The molecule has 0 atom stereocenters. The highest BCUT2D eigenvalue weighted by atomic mass is 16.4. The lowest BCUT2D eigenvalue weighted by atomic mass is 10.5. The monoisotopic (exact) mass is 179 g/mol. The second-order valence-electron chi connectivity index (χ2n) is 3.27. The predicted octanol–water partition coefficient (Wildman–Crippen LogP) is -2.59. The lowest BCUT2D eigenvalue weighted by Crippen LogP contribution is -2.45. The number of rotatable bonds is 3. The summed E-state index contributed by atoms with van der Waals surface area (Å²) in [5.74, 6) is -1.00. The van der Waals surface area contributed by atoms with Crippen molar-refractivity contribution in [1.82, 2.24) is 0 Å². The fourth-order valence-electron chi connectivity index (χ4n) is 0.387. The van der Waals surface area contributed by atoms with Crippen LogP contribution in [0.3, 0.4) is 0 Å². The first kappa shape index (κ1) is 13.9. The highest BCUT2D eigenvalue weighted by Gasteiger charge is 2.04. The van der Waals surface area contributed by atoms with E-state index >= 15 is 0 Å². The smallest absolute Gasteiger partial charge is 0.118 e. The molecule has 0 spiro atoms. The summed E-state index contributed by atoms with van der Waals surface area (Å²) in [7, 11) is 5.40. The standard InChI is InChI=1S/C5H11NO2.C2H6O2/c1-6(2,3)4-5(7)8;3-1-2-4/h4H2,1-3H3;3-4H,1-2H2. The van der Waals surface area contributed by atoms with Crippen molar-refractivity contribution in [3.05, 3.63) is 0 Å². The molecule has 0 heterocycles. The number of carbonyl (C=O) groups is 1. The number of hydrogen-bond acceptors (Lipinski definition) is 4. The summed E-state index contributed by atoms with van der Waals surface area (Å²) in [6.45, 7) is -0.181. The molecule has 12 heavy (non-hydrogen) atoms. The Balaban J connectivity index is 0. The second kappa shape index (κ2) is 7.02. The van der Waals surface area contributed by atoms with Crippen LogP contribution in [0.1, 0.15) is 0 Å². The summed E-state index contributed by atoms with van der Waals surface area (Å²) in [5, 5.41) is 25.1. The Morgan fingerprint density at radius 2 is 1.58 bits per heavy atom. The van der Waals surface area contributed by atoms with Crippen molar-refractivity contribution in [1.29, 1.82) is 0 Å². The van der Waals surface area contributed by atoms with Crippen molar-refractivity contribution in [3.63, 3.8) is 0 Å². The van der Waals surface area contributed by atoms with E-state index < -0.39 is 5.97 Å². The molecule has 0 unspecified atom stereocenters. The Morgan fingerprint density at radius 3 is 1.58 bits per heavy atom. The molecule has 0 aromatic heterocycles. The predicted molar refractivity (Wildman–Crippen MR) is 42.1 cm³/mol. The molecule has 5 heteroatoms. The zero-order valence-electron chi connectivity index (χ0n) is 7.78.